The van der Waals surface area contributed by atoms with Crippen LogP contribution >= 0.6 is 0 Å². The molecule has 0 amide bonds. The fourth-order valence-electron chi connectivity index (χ4n) is 5.21. The molecule has 4 rings (SSSR count). The second kappa shape index (κ2) is 12.9. The van der Waals surface area contributed by atoms with Crippen LogP contribution in [0, 0.1) is 0 Å². The van der Waals surface area contributed by atoms with Crippen molar-refractivity contribution in [3.8, 4) is 17.2 Å². The van der Waals surface area contributed by atoms with Crippen molar-refractivity contribution in [2.75, 3.05) is 0 Å². The molecule has 0 fully saturated rings. The minimum atomic E-state index is -0.768. The van der Waals surface area contributed by atoms with E-state index in [0.29, 0.717) is 11.5 Å². The maximum absolute atomic E-state index is 12.3. The van der Waals surface area contributed by atoms with Crippen molar-refractivity contribution in [1.82, 2.24) is 0 Å². The highest BCUT2D eigenvalue weighted by Crippen LogP contribution is 2.41. The number of phenols is 1. The van der Waals surface area contributed by atoms with Crippen LogP contribution in [0.2, 0.25) is 0 Å². The zero-order valence-electron chi connectivity index (χ0n) is 28.1. The van der Waals surface area contributed by atoms with E-state index in [0.717, 1.165) is 27.8 Å². The van der Waals surface area contributed by atoms with Crippen LogP contribution in [0.4, 0.5) is 9.59 Å². The molecule has 4 aromatic rings. The van der Waals surface area contributed by atoms with Gasteiger partial charge in [-0.05, 0) is 113 Å². The molecule has 0 aliphatic heterocycles. The molecule has 0 saturated carbocycles. The number of phenolic OH excluding ortho intramolecular Hbond substituents is 1. The standard InChI is InChI=1S/C39H44O7/c1-36(2,3)45-34(41)43-32-22-16-29(17-23-32)39(9,30-18-24-33(25-19-30)44-35(42)46-37(4,5)6)28-12-10-26(11-13-28)38(7,8)27-14-20-31(40)21-15-27/h10-25,40H,1-9H3. The first-order valence-corrected chi connectivity index (χ1v) is 15.3. The number of hydrogen-bond acceptors (Lipinski definition) is 7. The van der Waals surface area contributed by atoms with Crippen LogP contribution in [0.15, 0.2) is 97.1 Å². The summed E-state index contributed by atoms with van der Waals surface area (Å²) in [5.41, 5.74) is 2.86. The van der Waals surface area contributed by atoms with E-state index in [-0.39, 0.29) is 11.2 Å². The molecular formula is C39H44O7. The lowest BCUT2D eigenvalue weighted by molar-refractivity contribution is 0.0193. The van der Waals surface area contributed by atoms with E-state index in [1.165, 1.54) is 0 Å². The lowest BCUT2D eigenvalue weighted by atomic mass is 9.70. The number of hydrogen-bond donors (Lipinski definition) is 1. The Morgan fingerprint density at radius 2 is 0.739 bits per heavy atom. The second-order valence-corrected chi connectivity index (χ2v) is 14.1. The number of ether oxygens (including phenoxy) is 4. The van der Waals surface area contributed by atoms with Crippen LogP contribution in [-0.2, 0) is 20.3 Å². The molecule has 0 saturated heterocycles. The van der Waals surface area contributed by atoms with Gasteiger partial charge in [-0.1, -0.05) is 74.5 Å². The fraction of sp³-hybridized carbons (Fsp3) is 0.333. The van der Waals surface area contributed by atoms with Crippen molar-refractivity contribution in [3.05, 3.63) is 125 Å². The Hall–Kier alpha value is -4.78. The van der Waals surface area contributed by atoms with Gasteiger partial charge in [-0.2, -0.15) is 0 Å². The smallest absolute Gasteiger partial charge is 0.508 e. The van der Waals surface area contributed by atoms with Crippen LogP contribution in [0.5, 0.6) is 17.2 Å². The van der Waals surface area contributed by atoms with Gasteiger partial charge >= 0.3 is 12.3 Å². The van der Waals surface area contributed by atoms with Gasteiger partial charge in [-0.3, -0.25) is 0 Å². The molecular weight excluding hydrogens is 580 g/mol. The highest BCUT2D eigenvalue weighted by molar-refractivity contribution is 5.65. The Balaban J connectivity index is 1.70. The van der Waals surface area contributed by atoms with E-state index in [2.05, 4.69) is 45.0 Å². The molecule has 242 valence electrons. The van der Waals surface area contributed by atoms with Gasteiger partial charge in [0.2, 0.25) is 0 Å². The van der Waals surface area contributed by atoms with E-state index < -0.39 is 28.9 Å². The Bertz CT molecular complexity index is 1560. The molecule has 46 heavy (non-hydrogen) atoms. The van der Waals surface area contributed by atoms with E-state index in [1.54, 1.807) is 77.9 Å². The molecule has 0 bridgehead atoms. The molecule has 0 aliphatic carbocycles. The van der Waals surface area contributed by atoms with Crippen molar-refractivity contribution in [2.45, 2.75) is 84.3 Å². The summed E-state index contributed by atoms with van der Waals surface area (Å²) in [7, 11) is 0. The lowest BCUT2D eigenvalue weighted by Gasteiger charge is -2.33. The lowest BCUT2D eigenvalue weighted by Crippen LogP contribution is -2.27. The summed E-state index contributed by atoms with van der Waals surface area (Å²) in [5, 5.41) is 9.78. The summed E-state index contributed by atoms with van der Waals surface area (Å²) in [6.07, 6.45) is -1.54. The minimum Gasteiger partial charge on any atom is -0.508 e. The van der Waals surface area contributed by atoms with E-state index in [4.69, 9.17) is 18.9 Å². The molecule has 7 heteroatoms. The Morgan fingerprint density at radius 1 is 0.457 bits per heavy atom. The molecule has 0 unspecified atom stereocenters. The van der Waals surface area contributed by atoms with Gasteiger partial charge in [0.05, 0.1) is 0 Å². The molecule has 0 spiro atoms. The van der Waals surface area contributed by atoms with E-state index in [9.17, 15) is 14.7 Å². The van der Waals surface area contributed by atoms with Crippen LogP contribution in [-0.4, -0.2) is 28.6 Å². The molecule has 7 nitrogen and oxygen atoms in total. The van der Waals surface area contributed by atoms with E-state index >= 15 is 0 Å². The van der Waals surface area contributed by atoms with Crippen molar-refractivity contribution in [1.29, 1.82) is 0 Å². The number of aromatic hydroxyl groups is 1. The molecule has 0 aliphatic rings. The average molecular weight is 625 g/mol. The quantitative estimate of drug-likeness (QED) is 0.124. The molecule has 0 aromatic heterocycles. The third-order valence-corrected chi connectivity index (χ3v) is 7.82. The SMILES string of the molecule is CC(C)(C)OC(=O)Oc1ccc(C(C)(c2ccc(OC(=O)OC(C)(C)C)cc2)c2ccc(C(C)(C)c3ccc(O)cc3)cc2)cc1. The normalized spacial score (nSPS) is 12.3. The Morgan fingerprint density at radius 3 is 1.07 bits per heavy atom. The van der Waals surface area contributed by atoms with Crippen LogP contribution in [0.25, 0.3) is 0 Å². The van der Waals surface area contributed by atoms with Gasteiger partial charge < -0.3 is 24.1 Å². The number of carbonyl (C=O) groups excluding carboxylic acids is 2. The predicted molar refractivity (Wildman–Crippen MR) is 179 cm³/mol. The summed E-state index contributed by atoms with van der Waals surface area (Å²) in [4.78, 5) is 24.5. The Labute approximate surface area is 272 Å². The first kappa shape index (κ1) is 34.1. The summed E-state index contributed by atoms with van der Waals surface area (Å²) in [5.74, 6) is 0.968. The van der Waals surface area contributed by atoms with Gasteiger partial charge in [0, 0.05) is 10.8 Å². The van der Waals surface area contributed by atoms with Gasteiger partial charge in [-0.15, -0.1) is 0 Å². The second-order valence-electron chi connectivity index (χ2n) is 14.1. The first-order valence-electron chi connectivity index (χ1n) is 15.3. The minimum absolute atomic E-state index is 0.232. The summed E-state index contributed by atoms with van der Waals surface area (Å²) in [6.45, 7) is 17.1. The zero-order valence-corrected chi connectivity index (χ0v) is 28.1. The average Bonchev–Trinajstić information content (AvgIpc) is 2.96. The molecule has 0 radical (unpaired) electrons. The van der Waals surface area contributed by atoms with Crippen LogP contribution in [0.3, 0.4) is 0 Å². The number of rotatable bonds is 7. The maximum atomic E-state index is 12.3. The van der Waals surface area contributed by atoms with Gasteiger partial charge in [0.1, 0.15) is 28.5 Å². The number of benzene rings is 4. The molecule has 1 N–H and O–H groups in total. The topological polar surface area (TPSA) is 91.3 Å². The van der Waals surface area contributed by atoms with Crippen molar-refractivity contribution in [2.24, 2.45) is 0 Å². The van der Waals surface area contributed by atoms with Crippen molar-refractivity contribution in [3.63, 3.8) is 0 Å². The van der Waals surface area contributed by atoms with Crippen molar-refractivity contribution >= 4 is 12.3 Å². The molecule has 0 heterocycles. The Kier molecular flexibility index (Phi) is 9.57. The summed E-state index contributed by atoms with van der Waals surface area (Å²) >= 11 is 0. The van der Waals surface area contributed by atoms with Gasteiger partial charge in [0.25, 0.3) is 0 Å². The highest BCUT2D eigenvalue weighted by atomic mass is 16.7. The van der Waals surface area contributed by atoms with Crippen LogP contribution < -0.4 is 9.47 Å². The van der Waals surface area contributed by atoms with Gasteiger partial charge in [-0.25, -0.2) is 9.59 Å². The van der Waals surface area contributed by atoms with Crippen molar-refractivity contribution < 1.29 is 33.6 Å². The number of carbonyl (C=O) groups is 2. The van der Waals surface area contributed by atoms with E-state index in [1.807, 2.05) is 36.4 Å². The monoisotopic (exact) mass is 624 g/mol. The zero-order chi connectivity index (χ0) is 33.9. The maximum Gasteiger partial charge on any atom is 0.514 e. The highest BCUT2D eigenvalue weighted by Gasteiger charge is 2.33. The fourth-order valence-corrected chi connectivity index (χ4v) is 5.21. The summed E-state index contributed by atoms with van der Waals surface area (Å²) < 4.78 is 21.4. The summed E-state index contributed by atoms with van der Waals surface area (Å²) in [6, 6.07) is 30.5. The third kappa shape index (κ3) is 8.27. The van der Waals surface area contributed by atoms with Crippen LogP contribution in [0.1, 0.15) is 90.1 Å². The third-order valence-electron chi connectivity index (χ3n) is 7.82. The predicted octanol–water partition coefficient (Wildman–Crippen LogP) is 9.70. The first-order chi connectivity index (χ1) is 21.4. The largest absolute Gasteiger partial charge is 0.514 e. The van der Waals surface area contributed by atoms with Gasteiger partial charge in [0.15, 0.2) is 0 Å². The molecule has 4 aromatic carbocycles. The molecule has 0 atom stereocenters.